The number of hydrogen-bond acceptors (Lipinski definition) is 7. The topological polar surface area (TPSA) is 102 Å². The summed E-state index contributed by atoms with van der Waals surface area (Å²) in [6.07, 6.45) is 18.2. The van der Waals surface area contributed by atoms with Gasteiger partial charge in [0.15, 0.2) is 6.10 Å². The Bertz CT molecular complexity index is 667. The van der Waals surface area contributed by atoms with Crippen LogP contribution < -0.4 is 5.11 Å². The summed E-state index contributed by atoms with van der Waals surface area (Å²) < 4.78 is 16.2. The number of likely N-dealkylation sites (N-methyl/N-ethyl adjacent to an activating group) is 1. The fourth-order valence-corrected chi connectivity index (χ4v) is 3.54. The molecule has 0 radical (unpaired) electrons. The molecule has 2 unspecified atom stereocenters. The number of quaternary nitrogens is 1. The summed E-state index contributed by atoms with van der Waals surface area (Å²) in [5, 5.41) is 11.3. The van der Waals surface area contributed by atoms with Gasteiger partial charge in [-0.25, -0.2) is 0 Å². The molecule has 0 aromatic heterocycles. The minimum Gasteiger partial charge on any atom is -0.544 e. The number of hydrogen-bond donors (Lipinski definition) is 0. The van der Waals surface area contributed by atoms with Crippen molar-refractivity contribution >= 4 is 17.9 Å². The molecule has 0 saturated carbocycles. The highest BCUT2D eigenvalue weighted by atomic mass is 16.6. The zero-order valence-electron chi connectivity index (χ0n) is 23.2. The maximum atomic E-state index is 12.2. The summed E-state index contributed by atoms with van der Waals surface area (Å²) >= 11 is 0. The minimum atomic E-state index is -1.14. The third-order valence-corrected chi connectivity index (χ3v) is 5.63. The normalized spacial score (nSPS) is 13.7. The van der Waals surface area contributed by atoms with E-state index in [1.807, 2.05) is 0 Å². The molecule has 0 fully saturated rings. The molecule has 0 saturated heterocycles. The lowest BCUT2D eigenvalue weighted by Crippen LogP contribution is -2.55. The van der Waals surface area contributed by atoms with E-state index >= 15 is 0 Å². The maximum absolute atomic E-state index is 12.2. The highest BCUT2D eigenvalue weighted by molar-refractivity contribution is 5.70. The standard InChI is InChI=1S/C28H49NO7/c1-6-7-8-9-10-11-12-13-14-15-16-17-18-19-27(31)36-25(23-35-24(2)30)22-34-21-20-26(28(32)33)29(3,4)5/h8-9,11-12,25-26H,6-7,10,13-23H2,1-5H3/b9-8-,12-11-. The molecular formula is C28H49NO7. The average molecular weight is 512 g/mol. The van der Waals surface area contributed by atoms with Crippen LogP contribution in [0.1, 0.15) is 84.5 Å². The first-order valence-electron chi connectivity index (χ1n) is 13.3. The Kier molecular flexibility index (Phi) is 19.7. The van der Waals surface area contributed by atoms with Crippen LogP contribution in [0.15, 0.2) is 24.3 Å². The maximum Gasteiger partial charge on any atom is 0.306 e. The van der Waals surface area contributed by atoms with Crippen LogP contribution in [0.25, 0.3) is 0 Å². The van der Waals surface area contributed by atoms with Gasteiger partial charge in [0.25, 0.3) is 0 Å². The van der Waals surface area contributed by atoms with Crippen LogP contribution in [-0.4, -0.2) is 75.5 Å². The van der Waals surface area contributed by atoms with E-state index in [-0.39, 0.29) is 36.7 Å². The van der Waals surface area contributed by atoms with Crippen molar-refractivity contribution in [2.45, 2.75) is 96.6 Å². The van der Waals surface area contributed by atoms with Gasteiger partial charge in [0.1, 0.15) is 12.6 Å². The molecule has 36 heavy (non-hydrogen) atoms. The Morgan fingerprint density at radius 3 is 2.14 bits per heavy atom. The Hall–Kier alpha value is -2.19. The van der Waals surface area contributed by atoms with Crippen molar-refractivity contribution in [2.24, 2.45) is 0 Å². The molecule has 8 heteroatoms. The van der Waals surface area contributed by atoms with Crippen molar-refractivity contribution < 1.29 is 38.2 Å². The second kappa shape index (κ2) is 20.9. The van der Waals surface area contributed by atoms with Gasteiger partial charge < -0.3 is 28.6 Å². The predicted octanol–water partition coefficient (Wildman–Crippen LogP) is 3.73. The quantitative estimate of drug-likeness (QED) is 0.0944. The number of carbonyl (C=O) groups is 3. The van der Waals surface area contributed by atoms with Crippen molar-refractivity contribution in [3.63, 3.8) is 0 Å². The Labute approximate surface area is 218 Å². The molecular weight excluding hydrogens is 462 g/mol. The first-order valence-corrected chi connectivity index (χ1v) is 13.3. The summed E-state index contributed by atoms with van der Waals surface area (Å²) in [5.41, 5.74) is 0. The third kappa shape index (κ3) is 20.0. The van der Waals surface area contributed by atoms with Crippen LogP contribution >= 0.6 is 0 Å². The molecule has 8 nitrogen and oxygen atoms in total. The third-order valence-electron chi connectivity index (χ3n) is 5.63. The van der Waals surface area contributed by atoms with Gasteiger partial charge in [0, 0.05) is 19.8 Å². The lowest BCUT2D eigenvalue weighted by molar-refractivity contribution is -0.889. The number of allylic oxidation sites excluding steroid dienone is 4. The summed E-state index contributed by atoms with van der Waals surface area (Å²) in [6.45, 7) is 3.55. The van der Waals surface area contributed by atoms with Crippen LogP contribution in [-0.2, 0) is 28.6 Å². The fourth-order valence-electron chi connectivity index (χ4n) is 3.54. The Balaban J connectivity index is 4.14. The van der Waals surface area contributed by atoms with E-state index < -0.39 is 24.1 Å². The van der Waals surface area contributed by atoms with Crippen LogP contribution in [0, 0.1) is 0 Å². The zero-order chi connectivity index (χ0) is 27.2. The van der Waals surface area contributed by atoms with E-state index in [2.05, 4.69) is 31.2 Å². The Morgan fingerprint density at radius 1 is 0.889 bits per heavy atom. The molecule has 0 heterocycles. The minimum absolute atomic E-state index is 0.0256. The van der Waals surface area contributed by atoms with Crippen molar-refractivity contribution in [3.8, 4) is 0 Å². The lowest BCUT2D eigenvalue weighted by atomic mass is 10.1. The molecule has 0 aliphatic carbocycles. The van der Waals surface area contributed by atoms with Crippen LogP contribution in [0.3, 0.4) is 0 Å². The van der Waals surface area contributed by atoms with Gasteiger partial charge >= 0.3 is 11.9 Å². The van der Waals surface area contributed by atoms with Gasteiger partial charge in [-0.2, -0.15) is 0 Å². The number of ether oxygens (including phenoxy) is 3. The van der Waals surface area contributed by atoms with Crippen LogP contribution in [0.5, 0.6) is 0 Å². The first kappa shape index (κ1) is 33.8. The number of aliphatic carboxylic acids is 1. The zero-order valence-corrected chi connectivity index (χ0v) is 23.2. The van der Waals surface area contributed by atoms with Gasteiger partial charge in [-0.05, 0) is 32.1 Å². The largest absolute Gasteiger partial charge is 0.544 e. The molecule has 0 aromatic carbocycles. The van der Waals surface area contributed by atoms with E-state index in [0.29, 0.717) is 6.42 Å². The number of carbonyl (C=O) groups excluding carboxylic acids is 3. The van der Waals surface area contributed by atoms with E-state index in [1.165, 1.54) is 13.3 Å². The summed E-state index contributed by atoms with van der Waals surface area (Å²) in [4.78, 5) is 34.8. The SMILES string of the molecule is CCC/C=C\C/C=C\CCCCCCCC(=O)OC(COCCC(C(=O)[O-])[N+](C)(C)C)COC(C)=O. The second-order valence-corrected chi connectivity index (χ2v) is 10.0. The lowest BCUT2D eigenvalue weighted by Gasteiger charge is -2.34. The number of rotatable bonds is 22. The van der Waals surface area contributed by atoms with E-state index in [0.717, 1.165) is 51.4 Å². The van der Waals surface area contributed by atoms with E-state index in [9.17, 15) is 19.5 Å². The van der Waals surface area contributed by atoms with E-state index in [4.69, 9.17) is 14.2 Å². The molecule has 0 aliphatic rings. The van der Waals surface area contributed by atoms with Gasteiger partial charge in [-0.15, -0.1) is 0 Å². The monoisotopic (exact) mass is 511 g/mol. The van der Waals surface area contributed by atoms with Crippen molar-refractivity contribution in [1.29, 1.82) is 0 Å². The highest BCUT2D eigenvalue weighted by Gasteiger charge is 2.25. The predicted molar refractivity (Wildman–Crippen MR) is 139 cm³/mol. The van der Waals surface area contributed by atoms with Crippen molar-refractivity contribution in [3.05, 3.63) is 24.3 Å². The van der Waals surface area contributed by atoms with E-state index in [1.54, 1.807) is 21.1 Å². The molecule has 2 atom stereocenters. The van der Waals surface area contributed by atoms with Crippen LogP contribution in [0.2, 0.25) is 0 Å². The number of unbranched alkanes of at least 4 members (excludes halogenated alkanes) is 6. The smallest absolute Gasteiger partial charge is 0.306 e. The molecule has 0 spiro atoms. The molecule has 0 rings (SSSR count). The summed E-state index contributed by atoms with van der Waals surface area (Å²) in [5.74, 6) is -1.96. The number of esters is 2. The molecule has 0 aliphatic heterocycles. The Morgan fingerprint density at radius 2 is 1.53 bits per heavy atom. The highest BCUT2D eigenvalue weighted by Crippen LogP contribution is 2.11. The van der Waals surface area contributed by atoms with Gasteiger partial charge in [-0.3, -0.25) is 9.59 Å². The number of nitrogens with zero attached hydrogens (tertiary/aromatic N) is 1. The summed E-state index contributed by atoms with van der Waals surface area (Å²) in [7, 11) is 5.32. The van der Waals surface area contributed by atoms with Gasteiger partial charge in [0.2, 0.25) is 0 Å². The van der Waals surface area contributed by atoms with Crippen molar-refractivity contribution in [1.82, 2.24) is 0 Å². The summed E-state index contributed by atoms with van der Waals surface area (Å²) in [6, 6.07) is -0.719. The van der Waals surface area contributed by atoms with Crippen molar-refractivity contribution in [2.75, 3.05) is 41.0 Å². The van der Waals surface area contributed by atoms with Gasteiger partial charge in [0.05, 0.1) is 40.3 Å². The second-order valence-electron chi connectivity index (χ2n) is 10.0. The van der Waals surface area contributed by atoms with Gasteiger partial charge in [-0.1, -0.05) is 56.9 Å². The number of carboxylic acids is 1. The molecule has 0 aromatic rings. The number of carboxylic acid groups (broad SMARTS) is 1. The molecule has 0 amide bonds. The molecule has 0 bridgehead atoms. The molecule has 0 N–H and O–H groups in total. The fraction of sp³-hybridized carbons (Fsp3) is 0.750. The average Bonchev–Trinajstić information content (AvgIpc) is 2.78. The van der Waals surface area contributed by atoms with Crippen LogP contribution in [0.4, 0.5) is 0 Å². The first-order chi connectivity index (χ1) is 17.1. The molecule has 208 valence electrons.